The molecule has 2 aromatic rings. The number of rotatable bonds is 5. The molecule has 3 rings (SSSR count). The second-order valence-electron chi connectivity index (χ2n) is 6.67. The lowest BCUT2D eigenvalue weighted by Crippen LogP contribution is -2.54. The van der Waals surface area contributed by atoms with Crippen LogP contribution in [0.2, 0.25) is 0 Å². The topological polar surface area (TPSA) is 58.6 Å². The highest BCUT2D eigenvalue weighted by atomic mass is 32.1. The van der Waals surface area contributed by atoms with E-state index in [0.29, 0.717) is 29.5 Å². The van der Waals surface area contributed by atoms with Crippen LogP contribution in [0.3, 0.4) is 0 Å². The summed E-state index contributed by atoms with van der Waals surface area (Å²) in [5.74, 6) is 0.0103. The summed E-state index contributed by atoms with van der Waals surface area (Å²) in [5.41, 5.74) is 2.44. The minimum atomic E-state index is -0.517. The number of ether oxygens (including phenoxy) is 1. The molecule has 2 aromatic carbocycles. The van der Waals surface area contributed by atoms with Crippen molar-refractivity contribution in [3.63, 3.8) is 0 Å². The van der Waals surface area contributed by atoms with Crippen LogP contribution in [0.1, 0.15) is 37.8 Å². The Labute approximate surface area is 170 Å². The molecule has 0 saturated carbocycles. The molecular formula is C22H22N2O3S. The van der Waals surface area contributed by atoms with Crippen LogP contribution in [0, 0.1) is 0 Å². The van der Waals surface area contributed by atoms with Gasteiger partial charge in [0.25, 0.3) is 11.8 Å². The van der Waals surface area contributed by atoms with Crippen LogP contribution in [-0.4, -0.2) is 23.5 Å². The quantitative estimate of drug-likeness (QED) is 0.472. The Hall–Kier alpha value is -2.99. The molecule has 6 heteroatoms. The zero-order valence-corrected chi connectivity index (χ0v) is 16.9. The number of hydrogen-bond donors (Lipinski definition) is 1. The van der Waals surface area contributed by atoms with Crippen molar-refractivity contribution in [2.45, 2.75) is 26.7 Å². The lowest BCUT2D eigenvalue weighted by atomic mass is 10.0. The number of anilines is 1. The van der Waals surface area contributed by atoms with E-state index in [1.807, 2.05) is 43.3 Å². The zero-order valence-electron chi connectivity index (χ0n) is 16.1. The van der Waals surface area contributed by atoms with Gasteiger partial charge in [0.2, 0.25) is 0 Å². The van der Waals surface area contributed by atoms with Gasteiger partial charge in [-0.05, 0) is 54.9 Å². The molecule has 1 heterocycles. The molecule has 1 saturated heterocycles. The molecule has 1 fully saturated rings. The summed E-state index contributed by atoms with van der Waals surface area (Å²) in [6.07, 6.45) is 1.54. The first-order chi connectivity index (χ1) is 13.4. The first kappa shape index (κ1) is 19.8. The summed E-state index contributed by atoms with van der Waals surface area (Å²) >= 11 is 5.25. The van der Waals surface area contributed by atoms with Crippen LogP contribution in [-0.2, 0) is 9.59 Å². The molecule has 0 unspecified atom stereocenters. The Morgan fingerprint density at radius 2 is 1.79 bits per heavy atom. The normalized spacial score (nSPS) is 15.9. The van der Waals surface area contributed by atoms with Gasteiger partial charge in [0.05, 0.1) is 12.3 Å². The molecular weight excluding hydrogens is 372 g/mol. The number of nitrogens with one attached hydrogen (secondary N) is 1. The fourth-order valence-electron chi connectivity index (χ4n) is 2.94. The van der Waals surface area contributed by atoms with Crippen molar-refractivity contribution in [2.75, 3.05) is 11.5 Å². The predicted molar refractivity (Wildman–Crippen MR) is 114 cm³/mol. The summed E-state index contributed by atoms with van der Waals surface area (Å²) in [6, 6.07) is 14.9. The van der Waals surface area contributed by atoms with Crippen molar-refractivity contribution in [3.8, 4) is 5.75 Å². The van der Waals surface area contributed by atoms with E-state index < -0.39 is 11.8 Å². The van der Waals surface area contributed by atoms with E-state index in [-0.39, 0.29) is 10.7 Å². The second kappa shape index (κ2) is 8.35. The van der Waals surface area contributed by atoms with Crippen LogP contribution in [0.5, 0.6) is 5.75 Å². The van der Waals surface area contributed by atoms with E-state index in [1.54, 1.807) is 18.2 Å². The largest absolute Gasteiger partial charge is 0.493 e. The molecule has 0 bridgehead atoms. The Bertz CT molecular complexity index is 949. The molecule has 0 aromatic heterocycles. The molecule has 0 radical (unpaired) electrons. The monoisotopic (exact) mass is 394 g/mol. The van der Waals surface area contributed by atoms with Crippen LogP contribution in [0.25, 0.3) is 6.08 Å². The van der Waals surface area contributed by atoms with Gasteiger partial charge in [-0.1, -0.05) is 44.2 Å². The van der Waals surface area contributed by atoms with Crippen LogP contribution in [0.4, 0.5) is 5.69 Å². The van der Waals surface area contributed by atoms with Crippen molar-refractivity contribution >= 4 is 40.9 Å². The van der Waals surface area contributed by atoms with Crippen molar-refractivity contribution in [1.82, 2.24) is 5.32 Å². The SMILES string of the molecule is CCOc1ccccc1/C=C1\C(=O)NC(=S)N(c2ccc(C(C)C)cc2)C1=O. The highest BCUT2D eigenvalue weighted by Gasteiger charge is 2.34. The maximum absolute atomic E-state index is 13.1. The Morgan fingerprint density at radius 1 is 1.11 bits per heavy atom. The summed E-state index contributed by atoms with van der Waals surface area (Å²) in [5, 5.41) is 2.68. The van der Waals surface area contributed by atoms with E-state index in [9.17, 15) is 9.59 Å². The minimum absolute atomic E-state index is 0.00805. The Kier molecular flexibility index (Phi) is 5.90. The molecule has 28 heavy (non-hydrogen) atoms. The summed E-state index contributed by atoms with van der Waals surface area (Å²) < 4.78 is 5.59. The van der Waals surface area contributed by atoms with E-state index in [1.165, 1.54) is 4.90 Å². The average Bonchev–Trinajstić information content (AvgIpc) is 2.67. The van der Waals surface area contributed by atoms with Crippen LogP contribution < -0.4 is 15.0 Å². The molecule has 0 atom stereocenters. The van der Waals surface area contributed by atoms with Gasteiger partial charge in [-0.3, -0.25) is 19.8 Å². The van der Waals surface area contributed by atoms with Gasteiger partial charge in [0.1, 0.15) is 11.3 Å². The fraction of sp³-hybridized carbons (Fsp3) is 0.227. The molecule has 0 aliphatic carbocycles. The summed E-state index contributed by atoms with van der Waals surface area (Å²) in [4.78, 5) is 26.9. The first-order valence-electron chi connectivity index (χ1n) is 9.15. The van der Waals surface area contributed by atoms with E-state index in [2.05, 4.69) is 19.2 Å². The standard InChI is InChI=1S/C22H22N2O3S/c1-4-27-19-8-6-5-7-16(19)13-18-20(25)23-22(28)24(21(18)26)17-11-9-15(10-12-17)14(2)3/h5-14H,4H2,1-3H3,(H,23,25,28)/b18-13+. The van der Waals surface area contributed by atoms with Gasteiger partial charge < -0.3 is 4.74 Å². The third-order valence-corrected chi connectivity index (χ3v) is 4.72. The number of amides is 2. The molecule has 1 aliphatic heterocycles. The molecule has 5 nitrogen and oxygen atoms in total. The zero-order chi connectivity index (χ0) is 20.3. The lowest BCUT2D eigenvalue weighted by Gasteiger charge is -2.29. The van der Waals surface area contributed by atoms with Gasteiger partial charge >= 0.3 is 0 Å². The van der Waals surface area contributed by atoms with Crippen molar-refractivity contribution in [1.29, 1.82) is 0 Å². The first-order valence-corrected chi connectivity index (χ1v) is 9.56. The highest BCUT2D eigenvalue weighted by Crippen LogP contribution is 2.26. The van der Waals surface area contributed by atoms with E-state index in [4.69, 9.17) is 17.0 Å². The van der Waals surface area contributed by atoms with E-state index in [0.717, 1.165) is 5.56 Å². The van der Waals surface area contributed by atoms with Gasteiger partial charge in [-0.2, -0.15) is 0 Å². The van der Waals surface area contributed by atoms with Crippen molar-refractivity contribution < 1.29 is 14.3 Å². The number of carbonyl (C=O) groups is 2. The highest BCUT2D eigenvalue weighted by molar-refractivity contribution is 7.80. The third kappa shape index (κ3) is 3.97. The number of para-hydroxylation sites is 1. The average molecular weight is 394 g/mol. The summed E-state index contributed by atoms with van der Waals surface area (Å²) in [7, 11) is 0. The van der Waals surface area contributed by atoms with Gasteiger partial charge in [-0.15, -0.1) is 0 Å². The van der Waals surface area contributed by atoms with E-state index >= 15 is 0 Å². The van der Waals surface area contributed by atoms with Crippen molar-refractivity contribution in [2.24, 2.45) is 0 Å². The molecule has 144 valence electrons. The van der Waals surface area contributed by atoms with Gasteiger partial charge in [0.15, 0.2) is 5.11 Å². The molecule has 1 aliphatic rings. The summed E-state index contributed by atoms with van der Waals surface area (Å²) in [6.45, 7) is 6.56. The number of thiocarbonyl (C=S) groups is 1. The van der Waals surface area contributed by atoms with Gasteiger partial charge in [0, 0.05) is 5.56 Å². The predicted octanol–water partition coefficient (Wildman–Crippen LogP) is 4.04. The number of nitrogens with zero attached hydrogens (tertiary/aromatic N) is 1. The van der Waals surface area contributed by atoms with Crippen molar-refractivity contribution in [3.05, 3.63) is 65.2 Å². The lowest BCUT2D eigenvalue weighted by molar-refractivity contribution is -0.122. The molecule has 2 amide bonds. The maximum atomic E-state index is 13.1. The van der Waals surface area contributed by atoms with Gasteiger partial charge in [-0.25, -0.2) is 0 Å². The second-order valence-corrected chi connectivity index (χ2v) is 7.06. The third-order valence-electron chi connectivity index (χ3n) is 4.44. The number of benzene rings is 2. The fourth-order valence-corrected chi connectivity index (χ4v) is 3.22. The minimum Gasteiger partial charge on any atom is -0.493 e. The van der Waals surface area contributed by atoms with Crippen LogP contribution in [0.15, 0.2) is 54.1 Å². The molecule has 1 N–H and O–H groups in total. The number of carbonyl (C=O) groups excluding carboxylic acids is 2. The van der Waals surface area contributed by atoms with Crippen LogP contribution >= 0.6 is 12.2 Å². The maximum Gasteiger partial charge on any atom is 0.270 e. The Balaban J connectivity index is 1.99. The smallest absolute Gasteiger partial charge is 0.270 e. The molecule has 0 spiro atoms. The Morgan fingerprint density at radius 3 is 2.43 bits per heavy atom. The number of hydrogen-bond acceptors (Lipinski definition) is 4.